The molecule has 0 fully saturated rings. The van der Waals surface area contributed by atoms with Crippen LogP contribution in [0.4, 0.5) is 11.6 Å². The molecule has 0 aliphatic heterocycles. The summed E-state index contributed by atoms with van der Waals surface area (Å²) in [5.41, 5.74) is 5.50. The lowest BCUT2D eigenvalue weighted by Gasteiger charge is -2.16. The van der Waals surface area contributed by atoms with Crippen LogP contribution in [0.15, 0.2) is 66.9 Å². The first kappa shape index (κ1) is 25.4. The Kier molecular flexibility index (Phi) is 7.63. The summed E-state index contributed by atoms with van der Waals surface area (Å²) < 4.78 is 6.22. The van der Waals surface area contributed by atoms with E-state index >= 15 is 0 Å². The minimum atomic E-state index is -0.465. The van der Waals surface area contributed by atoms with E-state index in [9.17, 15) is 4.79 Å². The van der Waals surface area contributed by atoms with Crippen LogP contribution in [0.5, 0.6) is 11.6 Å². The highest BCUT2D eigenvalue weighted by molar-refractivity contribution is 5.96. The molecule has 0 saturated carbocycles. The van der Waals surface area contributed by atoms with Gasteiger partial charge in [-0.2, -0.15) is 15.5 Å². The number of anilines is 2. The lowest BCUT2D eigenvalue weighted by atomic mass is 9.99. The lowest BCUT2D eigenvalue weighted by molar-refractivity contribution is 0.0955. The third-order valence-corrected chi connectivity index (χ3v) is 5.63. The smallest absolute Gasteiger partial charge is 0.259 e. The van der Waals surface area contributed by atoms with Crippen LogP contribution in [0.3, 0.4) is 0 Å². The first-order chi connectivity index (χ1) is 18.4. The van der Waals surface area contributed by atoms with Crippen molar-refractivity contribution >= 4 is 17.5 Å². The maximum Gasteiger partial charge on any atom is 0.259 e. The van der Waals surface area contributed by atoms with Gasteiger partial charge in [0.1, 0.15) is 11.3 Å². The van der Waals surface area contributed by atoms with E-state index < -0.39 is 5.91 Å². The molecule has 1 amide bonds. The summed E-state index contributed by atoms with van der Waals surface area (Å²) in [6, 6.07) is 22.3. The number of carbonyl (C=O) groups excluding carboxylic acids is 1. The number of rotatable bonds is 7. The number of ether oxygens (including phenoxy) is 1. The van der Waals surface area contributed by atoms with Crippen LogP contribution < -0.4 is 15.4 Å². The average molecular weight is 499 g/mol. The molecule has 0 radical (unpaired) electrons. The van der Waals surface area contributed by atoms with E-state index in [1.807, 2.05) is 38.1 Å². The van der Waals surface area contributed by atoms with E-state index in [2.05, 4.69) is 38.7 Å². The molecule has 0 spiro atoms. The van der Waals surface area contributed by atoms with Crippen molar-refractivity contribution in [2.75, 3.05) is 11.9 Å². The topological polar surface area (TPSA) is 124 Å². The van der Waals surface area contributed by atoms with Crippen molar-refractivity contribution in [3.05, 3.63) is 94.7 Å². The molecule has 0 aliphatic carbocycles. The standard InChI is InChI=1S/C30H22N6O2/c1-4-13-33-28(37)26-18-34-30(35-25-11-7-22(17-32)8-12-25)36-29(26)38-27-19(2)14-24(15-20(27)3)23-9-5-21(16-31)6-10-23/h1,5-12,14-15,18H,13H2,2-3H3,(H,33,37)(H,34,35,36). The summed E-state index contributed by atoms with van der Waals surface area (Å²) in [6.45, 7) is 3.86. The van der Waals surface area contributed by atoms with Crippen molar-refractivity contribution in [3.63, 3.8) is 0 Å². The maximum absolute atomic E-state index is 12.8. The zero-order valence-electron chi connectivity index (χ0n) is 20.7. The Morgan fingerprint density at radius 2 is 1.55 bits per heavy atom. The monoisotopic (exact) mass is 498 g/mol. The van der Waals surface area contributed by atoms with Gasteiger partial charge in [-0.15, -0.1) is 6.42 Å². The van der Waals surface area contributed by atoms with Gasteiger partial charge in [-0.1, -0.05) is 18.1 Å². The summed E-state index contributed by atoms with van der Waals surface area (Å²) in [4.78, 5) is 21.5. The van der Waals surface area contributed by atoms with Crippen molar-refractivity contribution in [3.8, 4) is 47.2 Å². The van der Waals surface area contributed by atoms with Gasteiger partial charge >= 0.3 is 0 Å². The zero-order valence-corrected chi connectivity index (χ0v) is 20.7. The molecule has 0 saturated heterocycles. The van der Waals surface area contributed by atoms with E-state index in [-0.39, 0.29) is 23.9 Å². The fourth-order valence-corrected chi connectivity index (χ4v) is 3.76. The van der Waals surface area contributed by atoms with Crippen LogP contribution >= 0.6 is 0 Å². The molecular weight excluding hydrogens is 476 g/mol. The Morgan fingerprint density at radius 1 is 0.947 bits per heavy atom. The third kappa shape index (κ3) is 5.76. The molecule has 0 unspecified atom stereocenters. The Labute approximate surface area is 220 Å². The highest BCUT2D eigenvalue weighted by atomic mass is 16.5. The molecular formula is C30H22N6O2. The Bertz CT molecular complexity index is 1600. The second-order valence-electron chi connectivity index (χ2n) is 8.34. The molecule has 3 aromatic carbocycles. The van der Waals surface area contributed by atoms with Gasteiger partial charge in [0.15, 0.2) is 0 Å². The number of carbonyl (C=O) groups is 1. The highest BCUT2D eigenvalue weighted by Crippen LogP contribution is 2.34. The number of benzene rings is 3. The van der Waals surface area contributed by atoms with Crippen LogP contribution in [-0.4, -0.2) is 22.4 Å². The number of terminal acetylenes is 1. The van der Waals surface area contributed by atoms with Gasteiger partial charge in [-0.05, 0) is 84.6 Å². The predicted molar refractivity (Wildman–Crippen MR) is 144 cm³/mol. The Balaban J connectivity index is 1.68. The minimum Gasteiger partial charge on any atom is -0.437 e. The summed E-state index contributed by atoms with van der Waals surface area (Å²) in [7, 11) is 0. The van der Waals surface area contributed by atoms with E-state index in [1.165, 1.54) is 6.20 Å². The predicted octanol–water partition coefficient (Wildman–Crippen LogP) is 5.40. The number of amides is 1. The minimum absolute atomic E-state index is 0.0425. The third-order valence-electron chi connectivity index (χ3n) is 5.63. The molecule has 0 aliphatic rings. The Hall–Kier alpha value is -5.65. The first-order valence-corrected chi connectivity index (χ1v) is 11.6. The van der Waals surface area contributed by atoms with Crippen molar-refractivity contribution in [2.45, 2.75) is 13.8 Å². The lowest BCUT2D eigenvalue weighted by Crippen LogP contribution is -2.24. The quantitative estimate of drug-likeness (QED) is 0.327. The molecule has 4 aromatic rings. The number of aryl methyl sites for hydroxylation is 2. The maximum atomic E-state index is 12.8. The van der Waals surface area contributed by atoms with E-state index in [0.717, 1.165) is 22.3 Å². The molecule has 2 N–H and O–H groups in total. The second-order valence-corrected chi connectivity index (χ2v) is 8.34. The van der Waals surface area contributed by atoms with Crippen molar-refractivity contribution < 1.29 is 9.53 Å². The number of hydrogen-bond acceptors (Lipinski definition) is 7. The normalized spacial score (nSPS) is 9.97. The molecule has 0 bridgehead atoms. The zero-order chi connectivity index (χ0) is 27.1. The van der Waals surface area contributed by atoms with Gasteiger partial charge in [0.05, 0.1) is 29.8 Å². The molecule has 8 heteroatoms. The van der Waals surface area contributed by atoms with Crippen LogP contribution in [0, 0.1) is 48.9 Å². The summed E-state index contributed by atoms with van der Waals surface area (Å²) in [5.74, 6) is 2.73. The van der Waals surface area contributed by atoms with Gasteiger partial charge in [0.25, 0.3) is 5.91 Å². The molecule has 1 heterocycles. The van der Waals surface area contributed by atoms with Gasteiger partial charge in [-0.3, -0.25) is 4.79 Å². The Morgan fingerprint density at radius 3 is 2.13 bits per heavy atom. The van der Waals surface area contributed by atoms with Crippen molar-refractivity contribution in [1.82, 2.24) is 15.3 Å². The molecule has 1 aromatic heterocycles. The number of nitriles is 2. The molecule has 38 heavy (non-hydrogen) atoms. The SMILES string of the molecule is C#CCNC(=O)c1cnc(Nc2ccc(C#N)cc2)nc1Oc1c(C)cc(-c2ccc(C#N)cc2)cc1C. The number of nitrogens with one attached hydrogen (secondary N) is 2. The average Bonchev–Trinajstić information content (AvgIpc) is 2.94. The number of aromatic nitrogens is 2. The van der Waals surface area contributed by atoms with Gasteiger partial charge in [0, 0.05) is 11.9 Å². The van der Waals surface area contributed by atoms with Crippen LogP contribution in [0.25, 0.3) is 11.1 Å². The largest absolute Gasteiger partial charge is 0.437 e. The summed E-state index contributed by atoms with van der Waals surface area (Å²) >= 11 is 0. The molecule has 8 nitrogen and oxygen atoms in total. The molecule has 184 valence electrons. The first-order valence-electron chi connectivity index (χ1n) is 11.6. The summed E-state index contributed by atoms with van der Waals surface area (Å²) in [6.07, 6.45) is 6.66. The fraction of sp³-hybridized carbons (Fsp3) is 0.100. The van der Waals surface area contributed by atoms with Crippen LogP contribution in [0.2, 0.25) is 0 Å². The van der Waals surface area contributed by atoms with Gasteiger partial charge < -0.3 is 15.4 Å². The van der Waals surface area contributed by atoms with E-state index in [1.54, 1.807) is 36.4 Å². The van der Waals surface area contributed by atoms with E-state index in [4.69, 9.17) is 21.7 Å². The van der Waals surface area contributed by atoms with Crippen molar-refractivity contribution in [1.29, 1.82) is 10.5 Å². The van der Waals surface area contributed by atoms with Crippen molar-refractivity contribution in [2.24, 2.45) is 0 Å². The number of nitrogens with zero attached hydrogens (tertiary/aromatic N) is 4. The van der Waals surface area contributed by atoms with Crippen LogP contribution in [0.1, 0.15) is 32.6 Å². The number of hydrogen-bond donors (Lipinski definition) is 2. The highest BCUT2D eigenvalue weighted by Gasteiger charge is 2.19. The summed E-state index contributed by atoms with van der Waals surface area (Å²) in [5, 5.41) is 23.8. The second kappa shape index (κ2) is 11.4. The molecule has 4 rings (SSSR count). The van der Waals surface area contributed by atoms with E-state index in [0.29, 0.717) is 22.6 Å². The fourth-order valence-electron chi connectivity index (χ4n) is 3.76. The van der Waals surface area contributed by atoms with Gasteiger partial charge in [0.2, 0.25) is 11.8 Å². The van der Waals surface area contributed by atoms with Gasteiger partial charge in [-0.25, -0.2) is 4.98 Å². The molecule has 0 atom stereocenters. The van der Waals surface area contributed by atoms with Crippen LogP contribution in [-0.2, 0) is 0 Å².